The minimum absolute atomic E-state index is 0.0449. The average Bonchev–Trinajstić information content (AvgIpc) is 2.18. The van der Waals surface area contributed by atoms with Crippen molar-refractivity contribution < 1.29 is 4.79 Å². The van der Waals surface area contributed by atoms with E-state index in [9.17, 15) is 4.79 Å². The van der Waals surface area contributed by atoms with Gasteiger partial charge in [-0.15, -0.1) is 0 Å². The Morgan fingerprint density at radius 1 is 1.47 bits per heavy atom. The van der Waals surface area contributed by atoms with Gasteiger partial charge in [-0.3, -0.25) is 9.78 Å². The summed E-state index contributed by atoms with van der Waals surface area (Å²) in [5.74, 6) is 0.159. The van der Waals surface area contributed by atoms with Crippen molar-refractivity contribution >= 4 is 5.78 Å². The van der Waals surface area contributed by atoms with Crippen molar-refractivity contribution in [2.45, 2.75) is 26.2 Å². The lowest BCUT2D eigenvalue weighted by Gasteiger charge is -2.24. The fourth-order valence-corrected chi connectivity index (χ4v) is 1.40. The Hall–Kier alpha value is -1.22. The fraction of sp³-hybridized carbons (Fsp3) is 0.500. The van der Waals surface area contributed by atoms with Crippen LogP contribution in [-0.2, 0) is 10.2 Å². The lowest BCUT2D eigenvalue weighted by molar-refractivity contribution is -0.116. The van der Waals surface area contributed by atoms with Crippen LogP contribution < -0.4 is 5.32 Å². The number of Topliss-reactive ketones (excluding diaryl/α,β-unsaturated/α-hetero) is 1. The fourth-order valence-electron chi connectivity index (χ4n) is 1.40. The van der Waals surface area contributed by atoms with Gasteiger partial charge in [-0.05, 0) is 19.1 Å². The molecule has 0 spiro atoms. The van der Waals surface area contributed by atoms with Crippen molar-refractivity contribution in [3.05, 3.63) is 30.1 Å². The molecule has 3 heteroatoms. The first-order chi connectivity index (χ1) is 7.02. The summed E-state index contributed by atoms with van der Waals surface area (Å²) in [7, 11) is 0. The van der Waals surface area contributed by atoms with Gasteiger partial charge < -0.3 is 5.32 Å². The van der Waals surface area contributed by atoms with Crippen molar-refractivity contribution in [2.75, 3.05) is 13.1 Å². The lowest BCUT2D eigenvalue weighted by Crippen LogP contribution is -2.35. The predicted molar refractivity (Wildman–Crippen MR) is 60.8 cm³/mol. The summed E-state index contributed by atoms with van der Waals surface area (Å²) in [6.45, 7) is 6.99. The zero-order chi connectivity index (χ0) is 11.3. The zero-order valence-electron chi connectivity index (χ0n) is 9.58. The molecule has 1 N–H and O–H groups in total. The predicted octanol–water partition coefficient (Wildman–Crippen LogP) is 1.54. The van der Waals surface area contributed by atoms with E-state index in [1.807, 2.05) is 18.2 Å². The number of ketones is 1. The van der Waals surface area contributed by atoms with E-state index < -0.39 is 0 Å². The van der Waals surface area contributed by atoms with Gasteiger partial charge in [0, 0.05) is 23.9 Å². The van der Waals surface area contributed by atoms with E-state index in [1.54, 1.807) is 13.1 Å². The van der Waals surface area contributed by atoms with E-state index in [4.69, 9.17) is 0 Å². The standard InChI is InChI=1S/C12H18N2O/c1-10(15)8-13-9-12(2,3)11-6-4-5-7-14-11/h4-7,13H,8-9H2,1-3H3. The molecular formula is C12H18N2O. The van der Waals surface area contributed by atoms with E-state index >= 15 is 0 Å². The molecular weight excluding hydrogens is 188 g/mol. The molecule has 82 valence electrons. The van der Waals surface area contributed by atoms with E-state index in [0.717, 1.165) is 12.2 Å². The molecule has 0 aliphatic carbocycles. The Labute approximate surface area is 90.9 Å². The molecule has 15 heavy (non-hydrogen) atoms. The van der Waals surface area contributed by atoms with Crippen molar-refractivity contribution in [3.8, 4) is 0 Å². The number of aromatic nitrogens is 1. The monoisotopic (exact) mass is 206 g/mol. The Morgan fingerprint density at radius 3 is 2.73 bits per heavy atom. The average molecular weight is 206 g/mol. The summed E-state index contributed by atoms with van der Waals surface area (Å²) >= 11 is 0. The molecule has 1 heterocycles. The lowest BCUT2D eigenvalue weighted by atomic mass is 9.88. The third kappa shape index (κ3) is 3.80. The highest BCUT2D eigenvalue weighted by Crippen LogP contribution is 2.19. The topological polar surface area (TPSA) is 42.0 Å². The first-order valence-corrected chi connectivity index (χ1v) is 5.14. The van der Waals surface area contributed by atoms with Gasteiger partial charge in [-0.25, -0.2) is 0 Å². The smallest absolute Gasteiger partial charge is 0.143 e. The van der Waals surface area contributed by atoms with Crippen molar-refractivity contribution in [2.24, 2.45) is 0 Å². The molecule has 0 unspecified atom stereocenters. The van der Waals surface area contributed by atoms with E-state index in [2.05, 4.69) is 24.1 Å². The number of pyridine rings is 1. The SMILES string of the molecule is CC(=O)CNCC(C)(C)c1ccccn1. The highest BCUT2D eigenvalue weighted by Gasteiger charge is 2.21. The third-order valence-electron chi connectivity index (χ3n) is 2.30. The number of carbonyl (C=O) groups is 1. The quantitative estimate of drug-likeness (QED) is 0.794. The Balaban J connectivity index is 2.56. The normalized spacial score (nSPS) is 11.4. The van der Waals surface area contributed by atoms with Crippen LogP contribution in [0.25, 0.3) is 0 Å². The second-order valence-electron chi connectivity index (χ2n) is 4.40. The highest BCUT2D eigenvalue weighted by molar-refractivity contribution is 5.77. The molecule has 0 amide bonds. The van der Waals surface area contributed by atoms with Crippen LogP contribution in [0.1, 0.15) is 26.5 Å². The molecule has 0 atom stereocenters. The van der Waals surface area contributed by atoms with Gasteiger partial charge in [0.2, 0.25) is 0 Å². The van der Waals surface area contributed by atoms with Crippen LogP contribution in [0.5, 0.6) is 0 Å². The molecule has 0 fully saturated rings. The molecule has 1 aromatic heterocycles. The van der Waals surface area contributed by atoms with E-state index in [1.165, 1.54) is 0 Å². The van der Waals surface area contributed by atoms with E-state index in [-0.39, 0.29) is 11.2 Å². The van der Waals surface area contributed by atoms with Gasteiger partial charge in [0.25, 0.3) is 0 Å². The number of hydrogen-bond acceptors (Lipinski definition) is 3. The van der Waals surface area contributed by atoms with Crippen LogP contribution in [0.15, 0.2) is 24.4 Å². The van der Waals surface area contributed by atoms with Gasteiger partial charge in [0.05, 0.1) is 6.54 Å². The van der Waals surface area contributed by atoms with Gasteiger partial charge in [0.15, 0.2) is 0 Å². The molecule has 1 rings (SSSR count). The molecule has 1 aromatic rings. The molecule has 0 bridgehead atoms. The van der Waals surface area contributed by atoms with Crippen LogP contribution >= 0.6 is 0 Å². The van der Waals surface area contributed by atoms with Crippen LogP contribution in [0, 0.1) is 0 Å². The summed E-state index contributed by atoms with van der Waals surface area (Å²) in [5.41, 5.74) is 0.998. The third-order valence-corrected chi connectivity index (χ3v) is 2.30. The molecule has 0 aliphatic heterocycles. The number of nitrogens with zero attached hydrogens (tertiary/aromatic N) is 1. The Morgan fingerprint density at radius 2 is 2.20 bits per heavy atom. The molecule has 0 aromatic carbocycles. The maximum Gasteiger partial charge on any atom is 0.143 e. The van der Waals surface area contributed by atoms with Crippen molar-refractivity contribution in [1.29, 1.82) is 0 Å². The molecule has 0 saturated carbocycles. The van der Waals surface area contributed by atoms with Gasteiger partial charge in [-0.2, -0.15) is 0 Å². The summed E-state index contributed by atoms with van der Waals surface area (Å²) in [6.07, 6.45) is 1.79. The Kier molecular flexibility index (Phi) is 3.97. The van der Waals surface area contributed by atoms with Crippen LogP contribution in [0.2, 0.25) is 0 Å². The zero-order valence-corrected chi connectivity index (χ0v) is 9.58. The number of rotatable bonds is 5. The number of nitrogens with one attached hydrogen (secondary N) is 1. The van der Waals surface area contributed by atoms with Gasteiger partial charge >= 0.3 is 0 Å². The summed E-state index contributed by atoms with van der Waals surface area (Å²) in [4.78, 5) is 15.1. The molecule has 0 saturated heterocycles. The highest BCUT2D eigenvalue weighted by atomic mass is 16.1. The van der Waals surface area contributed by atoms with Crippen molar-refractivity contribution in [3.63, 3.8) is 0 Å². The second kappa shape index (κ2) is 5.03. The molecule has 0 radical (unpaired) electrons. The largest absolute Gasteiger partial charge is 0.309 e. The summed E-state index contributed by atoms with van der Waals surface area (Å²) in [5, 5.41) is 3.13. The van der Waals surface area contributed by atoms with Crippen LogP contribution in [-0.4, -0.2) is 23.9 Å². The summed E-state index contributed by atoms with van der Waals surface area (Å²) < 4.78 is 0. The van der Waals surface area contributed by atoms with Crippen LogP contribution in [0.4, 0.5) is 0 Å². The Bertz CT molecular complexity index is 320. The van der Waals surface area contributed by atoms with Crippen molar-refractivity contribution in [1.82, 2.24) is 10.3 Å². The maximum atomic E-state index is 10.8. The number of hydrogen-bond donors (Lipinski definition) is 1. The minimum atomic E-state index is -0.0449. The minimum Gasteiger partial charge on any atom is -0.309 e. The van der Waals surface area contributed by atoms with Crippen LogP contribution in [0.3, 0.4) is 0 Å². The second-order valence-corrected chi connectivity index (χ2v) is 4.40. The maximum absolute atomic E-state index is 10.8. The first kappa shape index (κ1) is 11.9. The van der Waals surface area contributed by atoms with Gasteiger partial charge in [-0.1, -0.05) is 19.9 Å². The number of carbonyl (C=O) groups excluding carboxylic acids is 1. The first-order valence-electron chi connectivity index (χ1n) is 5.14. The summed E-state index contributed by atoms with van der Waals surface area (Å²) in [6, 6.07) is 5.90. The van der Waals surface area contributed by atoms with E-state index in [0.29, 0.717) is 6.54 Å². The molecule has 0 aliphatic rings. The molecule has 3 nitrogen and oxygen atoms in total. The van der Waals surface area contributed by atoms with Gasteiger partial charge in [0.1, 0.15) is 5.78 Å².